The van der Waals surface area contributed by atoms with Crippen molar-refractivity contribution in [2.24, 2.45) is 0 Å². The minimum Gasteiger partial charge on any atom is -0.355 e. The van der Waals surface area contributed by atoms with E-state index in [1.54, 1.807) is 6.92 Å². The van der Waals surface area contributed by atoms with Crippen molar-refractivity contribution in [3.63, 3.8) is 0 Å². The molecule has 0 saturated carbocycles. The van der Waals surface area contributed by atoms with Gasteiger partial charge >= 0.3 is 0 Å². The first-order chi connectivity index (χ1) is 13.9. The van der Waals surface area contributed by atoms with Crippen molar-refractivity contribution < 1.29 is 9.59 Å². The largest absolute Gasteiger partial charge is 0.355 e. The van der Waals surface area contributed by atoms with E-state index in [-0.39, 0.29) is 23.9 Å². The molecule has 0 radical (unpaired) electrons. The maximum Gasteiger partial charge on any atom is 0.262 e. The van der Waals surface area contributed by atoms with Crippen LogP contribution in [0.1, 0.15) is 48.8 Å². The second kappa shape index (κ2) is 11.1. The third-order valence-corrected chi connectivity index (χ3v) is 6.04. The number of hydrogen-bond acceptors (Lipinski definition) is 6. The Morgan fingerprint density at radius 2 is 1.90 bits per heavy atom. The van der Waals surface area contributed by atoms with Gasteiger partial charge in [0.2, 0.25) is 5.91 Å². The molecule has 2 rings (SSSR count). The van der Waals surface area contributed by atoms with Crippen molar-refractivity contribution in [2.75, 3.05) is 32.7 Å². The van der Waals surface area contributed by atoms with Crippen molar-refractivity contribution in [2.45, 2.75) is 47.1 Å². The van der Waals surface area contributed by atoms with E-state index >= 15 is 0 Å². The van der Waals surface area contributed by atoms with Crippen LogP contribution in [0, 0.1) is 6.92 Å². The zero-order valence-corrected chi connectivity index (χ0v) is 18.5. The number of fused-ring (bicyclic) bond motifs is 1. The quantitative estimate of drug-likeness (QED) is 0.539. The Kier molecular flexibility index (Phi) is 8.78. The van der Waals surface area contributed by atoms with Crippen molar-refractivity contribution in [3.05, 3.63) is 27.1 Å². The molecular formula is C20H31N5O3S. The summed E-state index contributed by atoms with van der Waals surface area (Å²) in [7, 11) is 0. The first kappa shape index (κ1) is 23.0. The standard InChI is InChI=1S/C20H31N5O3S/c1-5-9-21-15(26)12-25-13-23-19-16(20(25)28)14(4)17(29-19)18(27)22-10-8-11-24(6-2)7-3/h13H,5-12H2,1-4H3,(H,21,26)(H,22,27). The van der Waals surface area contributed by atoms with Crippen molar-refractivity contribution in [1.82, 2.24) is 25.1 Å². The van der Waals surface area contributed by atoms with Crippen LogP contribution < -0.4 is 16.2 Å². The van der Waals surface area contributed by atoms with E-state index in [4.69, 9.17) is 0 Å². The fraction of sp³-hybridized carbons (Fsp3) is 0.600. The highest BCUT2D eigenvalue weighted by Crippen LogP contribution is 2.26. The maximum atomic E-state index is 12.8. The Bertz CT molecular complexity index is 901. The van der Waals surface area contributed by atoms with Crippen LogP contribution in [0.5, 0.6) is 0 Å². The Morgan fingerprint density at radius 1 is 1.17 bits per heavy atom. The third kappa shape index (κ3) is 5.86. The molecule has 0 aliphatic carbocycles. The van der Waals surface area contributed by atoms with Gasteiger partial charge in [-0.15, -0.1) is 11.3 Å². The lowest BCUT2D eigenvalue weighted by atomic mass is 10.2. The van der Waals surface area contributed by atoms with Crippen LogP contribution in [0.3, 0.4) is 0 Å². The summed E-state index contributed by atoms with van der Waals surface area (Å²) in [6.07, 6.45) is 3.07. The first-order valence-corrected chi connectivity index (χ1v) is 11.0. The smallest absolute Gasteiger partial charge is 0.262 e. The van der Waals surface area contributed by atoms with Gasteiger partial charge in [0.15, 0.2) is 0 Å². The SMILES string of the molecule is CCCNC(=O)Cn1cnc2sc(C(=O)NCCCN(CC)CC)c(C)c2c1=O. The number of aromatic nitrogens is 2. The molecule has 0 aliphatic heterocycles. The van der Waals surface area contributed by atoms with Gasteiger partial charge in [-0.2, -0.15) is 0 Å². The van der Waals surface area contributed by atoms with Gasteiger partial charge in [-0.1, -0.05) is 20.8 Å². The minimum absolute atomic E-state index is 0.0794. The summed E-state index contributed by atoms with van der Waals surface area (Å²) in [6.45, 7) is 12.0. The molecule has 2 N–H and O–H groups in total. The molecule has 2 amide bonds. The molecule has 9 heteroatoms. The lowest BCUT2D eigenvalue weighted by Gasteiger charge is -2.17. The highest BCUT2D eigenvalue weighted by Gasteiger charge is 2.19. The van der Waals surface area contributed by atoms with Gasteiger partial charge in [0.1, 0.15) is 11.4 Å². The van der Waals surface area contributed by atoms with Gasteiger partial charge in [0.25, 0.3) is 11.5 Å². The lowest BCUT2D eigenvalue weighted by Crippen LogP contribution is -2.32. The van der Waals surface area contributed by atoms with Crippen LogP contribution in [0.25, 0.3) is 10.2 Å². The van der Waals surface area contributed by atoms with Gasteiger partial charge in [0, 0.05) is 13.1 Å². The number of nitrogens with one attached hydrogen (secondary N) is 2. The summed E-state index contributed by atoms with van der Waals surface area (Å²) >= 11 is 1.21. The molecule has 0 bridgehead atoms. The zero-order valence-electron chi connectivity index (χ0n) is 17.7. The summed E-state index contributed by atoms with van der Waals surface area (Å²) < 4.78 is 1.29. The Hall–Kier alpha value is -2.26. The number of carbonyl (C=O) groups is 2. The molecule has 0 saturated heterocycles. The molecule has 0 aliphatic rings. The molecule has 0 atom stereocenters. The van der Waals surface area contributed by atoms with Crippen LogP contribution in [0.2, 0.25) is 0 Å². The van der Waals surface area contributed by atoms with E-state index < -0.39 is 0 Å². The van der Waals surface area contributed by atoms with Gasteiger partial charge in [0.05, 0.1) is 16.6 Å². The van der Waals surface area contributed by atoms with E-state index in [1.165, 1.54) is 22.2 Å². The number of thiophene rings is 1. The number of carbonyl (C=O) groups excluding carboxylic acids is 2. The number of hydrogen-bond donors (Lipinski definition) is 2. The van der Waals surface area contributed by atoms with Crippen LogP contribution in [0.15, 0.2) is 11.1 Å². The number of rotatable bonds is 11. The van der Waals surface area contributed by atoms with Crippen molar-refractivity contribution in [1.29, 1.82) is 0 Å². The topological polar surface area (TPSA) is 96.3 Å². The molecule has 0 unspecified atom stereocenters. The van der Waals surface area contributed by atoms with E-state index in [1.807, 2.05) is 6.92 Å². The lowest BCUT2D eigenvalue weighted by molar-refractivity contribution is -0.121. The molecule has 29 heavy (non-hydrogen) atoms. The predicted molar refractivity (Wildman–Crippen MR) is 117 cm³/mol. The van der Waals surface area contributed by atoms with Gasteiger partial charge in [-0.25, -0.2) is 4.98 Å². The predicted octanol–water partition coefficient (Wildman–Crippen LogP) is 1.75. The van der Waals surface area contributed by atoms with E-state index in [9.17, 15) is 14.4 Å². The summed E-state index contributed by atoms with van der Waals surface area (Å²) in [5, 5.41) is 6.10. The van der Waals surface area contributed by atoms with Gasteiger partial charge < -0.3 is 15.5 Å². The minimum atomic E-state index is -0.295. The summed E-state index contributed by atoms with van der Waals surface area (Å²) in [4.78, 5) is 45.0. The highest BCUT2D eigenvalue weighted by molar-refractivity contribution is 7.20. The first-order valence-electron chi connectivity index (χ1n) is 10.2. The Morgan fingerprint density at radius 3 is 2.55 bits per heavy atom. The highest BCUT2D eigenvalue weighted by atomic mass is 32.1. The monoisotopic (exact) mass is 421 g/mol. The van der Waals surface area contributed by atoms with Crippen LogP contribution in [-0.4, -0.2) is 59.0 Å². The number of nitrogens with zero attached hydrogens (tertiary/aromatic N) is 3. The van der Waals surface area contributed by atoms with Crippen molar-refractivity contribution >= 4 is 33.4 Å². The summed E-state index contributed by atoms with van der Waals surface area (Å²) in [6, 6.07) is 0. The molecule has 2 aromatic rings. The number of amides is 2. The number of aryl methyl sites for hydroxylation is 1. The zero-order chi connectivity index (χ0) is 21.4. The van der Waals surface area contributed by atoms with Gasteiger partial charge in [-0.3, -0.25) is 19.0 Å². The molecule has 2 aromatic heterocycles. The maximum absolute atomic E-state index is 12.8. The molecule has 160 valence electrons. The van der Waals surface area contributed by atoms with Gasteiger partial charge in [-0.05, 0) is 45.0 Å². The van der Waals surface area contributed by atoms with E-state index in [2.05, 4.69) is 34.4 Å². The second-order valence-corrected chi connectivity index (χ2v) is 7.90. The molecular weight excluding hydrogens is 390 g/mol. The van der Waals surface area contributed by atoms with E-state index in [0.717, 1.165) is 32.5 Å². The average Bonchev–Trinajstić information content (AvgIpc) is 3.05. The Balaban J connectivity index is 2.10. The molecule has 0 spiro atoms. The van der Waals surface area contributed by atoms with Crippen LogP contribution in [-0.2, 0) is 11.3 Å². The molecule has 8 nitrogen and oxygen atoms in total. The average molecular weight is 422 g/mol. The Labute approximate surface area is 175 Å². The fourth-order valence-corrected chi connectivity index (χ4v) is 4.14. The van der Waals surface area contributed by atoms with Crippen LogP contribution >= 0.6 is 11.3 Å². The molecule has 2 heterocycles. The van der Waals surface area contributed by atoms with E-state index in [0.29, 0.717) is 33.7 Å². The summed E-state index contributed by atoms with van der Waals surface area (Å²) in [5.74, 6) is -0.411. The molecule has 0 aromatic carbocycles. The fourth-order valence-electron chi connectivity index (χ4n) is 3.09. The summed E-state index contributed by atoms with van der Waals surface area (Å²) in [5.41, 5.74) is 0.322. The third-order valence-electron chi connectivity index (χ3n) is 4.84. The normalized spacial score (nSPS) is 11.2. The molecule has 0 fully saturated rings. The van der Waals surface area contributed by atoms with Crippen molar-refractivity contribution in [3.8, 4) is 0 Å². The second-order valence-electron chi connectivity index (χ2n) is 6.90. The van der Waals surface area contributed by atoms with Crippen LogP contribution in [0.4, 0.5) is 0 Å².